The van der Waals surface area contributed by atoms with Crippen LogP contribution < -0.4 is 5.73 Å². The maximum Gasteiger partial charge on any atom is 0.481 e. The van der Waals surface area contributed by atoms with Crippen LogP contribution in [0.3, 0.4) is 0 Å². The van der Waals surface area contributed by atoms with Crippen molar-refractivity contribution in [2.75, 3.05) is 13.1 Å². The standard InChI is InChI=1S/C16H27BN2O3/c1-15(2)10-7-11(15)16(3)12(8-10)21-17(22-16)13-5-4-6-19(13)14(20)9-18/h10-13H,4-9,18H2,1-3H3. The molecular weight excluding hydrogens is 279 g/mol. The normalized spacial score (nSPS) is 45.6. The Labute approximate surface area is 133 Å². The van der Waals surface area contributed by atoms with Crippen molar-refractivity contribution >= 4 is 13.0 Å². The number of nitrogens with zero attached hydrogens (tertiary/aromatic N) is 1. The summed E-state index contributed by atoms with van der Waals surface area (Å²) in [7, 11) is -0.275. The number of rotatable bonds is 2. The zero-order valence-electron chi connectivity index (χ0n) is 13.9. The summed E-state index contributed by atoms with van der Waals surface area (Å²) < 4.78 is 12.8. The van der Waals surface area contributed by atoms with E-state index in [1.165, 1.54) is 6.42 Å². The van der Waals surface area contributed by atoms with E-state index in [9.17, 15) is 4.79 Å². The smallest absolute Gasteiger partial charge is 0.404 e. The SMILES string of the molecule is CC1(C)C2CC3OB(C4CCCN4C(=O)CN)OC3(C)C1C2. The Hall–Kier alpha value is -0.585. The van der Waals surface area contributed by atoms with E-state index in [4.69, 9.17) is 15.0 Å². The van der Waals surface area contributed by atoms with Gasteiger partial charge in [0.05, 0.1) is 24.2 Å². The molecule has 22 heavy (non-hydrogen) atoms. The number of amides is 1. The van der Waals surface area contributed by atoms with Gasteiger partial charge in [-0.2, -0.15) is 0 Å². The summed E-state index contributed by atoms with van der Waals surface area (Å²) in [4.78, 5) is 13.9. The minimum absolute atomic E-state index is 0.0133. The largest absolute Gasteiger partial charge is 0.481 e. The average Bonchev–Trinajstić information content (AvgIpc) is 3.08. The Morgan fingerprint density at radius 1 is 1.36 bits per heavy atom. The van der Waals surface area contributed by atoms with Crippen molar-refractivity contribution in [2.24, 2.45) is 23.0 Å². The van der Waals surface area contributed by atoms with Gasteiger partial charge in [0.1, 0.15) is 0 Å². The fraction of sp³-hybridized carbons (Fsp3) is 0.938. The Morgan fingerprint density at radius 3 is 2.82 bits per heavy atom. The number of nitrogens with two attached hydrogens (primary N) is 1. The second kappa shape index (κ2) is 4.71. The highest BCUT2D eigenvalue weighted by molar-refractivity contribution is 6.48. The van der Waals surface area contributed by atoms with E-state index in [2.05, 4.69) is 20.8 Å². The molecule has 1 amide bonds. The molecule has 3 saturated carbocycles. The third kappa shape index (κ3) is 1.80. The molecule has 2 bridgehead atoms. The van der Waals surface area contributed by atoms with Crippen LogP contribution >= 0.6 is 0 Å². The summed E-state index contributed by atoms with van der Waals surface area (Å²) in [6, 6.07) is 0. The molecule has 2 saturated heterocycles. The van der Waals surface area contributed by atoms with Gasteiger partial charge in [-0.3, -0.25) is 4.79 Å². The van der Waals surface area contributed by atoms with Crippen molar-refractivity contribution in [1.29, 1.82) is 0 Å². The first-order chi connectivity index (χ1) is 10.4. The van der Waals surface area contributed by atoms with Gasteiger partial charge < -0.3 is 19.9 Å². The van der Waals surface area contributed by atoms with Crippen molar-refractivity contribution < 1.29 is 14.1 Å². The molecule has 122 valence electrons. The highest BCUT2D eigenvalue weighted by Gasteiger charge is 2.68. The zero-order valence-corrected chi connectivity index (χ0v) is 13.9. The van der Waals surface area contributed by atoms with E-state index in [0.29, 0.717) is 11.3 Å². The lowest BCUT2D eigenvalue weighted by molar-refractivity contribution is -0.199. The summed E-state index contributed by atoms with van der Waals surface area (Å²) in [5.41, 5.74) is 5.71. The number of hydrogen-bond acceptors (Lipinski definition) is 4. The molecule has 2 heterocycles. The molecule has 0 aromatic rings. The summed E-state index contributed by atoms with van der Waals surface area (Å²) in [6.45, 7) is 7.81. The van der Waals surface area contributed by atoms with Gasteiger partial charge in [0.2, 0.25) is 5.91 Å². The third-order valence-corrected chi connectivity index (χ3v) is 7.08. The van der Waals surface area contributed by atoms with E-state index < -0.39 is 0 Å². The van der Waals surface area contributed by atoms with Crippen molar-refractivity contribution in [3.63, 3.8) is 0 Å². The van der Waals surface area contributed by atoms with Gasteiger partial charge in [-0.05, 0) is 49.9 Å². The summed E-state index contributed by atoms with van der Waals surface area (Å²) in [5, 5.41) is 0. The van der Waals surface area contributed by atoms with Crippen LogP contribution in [0.15, 0.2) is 0 Å². The first kappa shape index (κ1) is 15.0. The Morgan fingerprint density at radius 2 is 2.14 bits per heavy atom. The first-order valence-electron chi connectivity index (χ1n) is 8.70. The van der Waals surface area contributed by atoms with Crippen molar-refractivity contribution in [3.8, 4) is 0 Å². The predicted molar refractivity (Wildman–Crippen MR) is 83.9 cm³/mol. The predicted octanol–water partition coefficient (Wildman–Crippen LogP) is 1.20. The number of carbonyl (C=O) groups is 1. The maximum absolute atomic E-state index is 12.0. The lowest BCUT2D eigenvalue weighted by atomic mass is 9.43. The van der Waals surface area contributed by atoms with Gasteiger partial charge in [-0.1, -0.05) is 13.8 Å². The fourth-order valence-electron chi connectivity index (χ4n) is 5.57. The number of hydrogen-bond donors (Lipinski definition) is 1. The Balaban J connectivity index is 1.54. The third-order valence-electron chi connectivity index (χ3n) is 7.08. The zero-order chi connectivity index (χ0) is 15.7. The number of likely N-dealkylation sites (tertiary alicyclic amines) is 1. The lowest BCUT2D eigenvalue weighted by Gasteiger charge is -2.64. The molecule has 0 spiro atoms. The minimum Gasteiger partial charge on any atom is -0.404 e. The maximum atomic E-state index is 12.0. The molecule has 5 atom stereocenters. The molecule has 6 heteroatoms. The molecule has 5 unspecified atom stereocenters. The fourth-order valence-corrected chi connectivity index (χ4v) is 5.57. The van der Waals surface area contributed by atoms with Crippen LogP contribution in [0.2, 0.25) is 0 Å². The van der Waals surface area contributed by atoms with Crippen molar-refractivity contribution in [2.45, 2.75) is 64.1 Å². The van der Waals surface area contributed by atoms with Gasteiger partial charge in [-0.25, -0.2) is 0 Å². The average molecular weight is 306 g/mol. The van der Waals surface area contributed by atoms with Crippen LogP contribution in [0.25, 0.3) is 0 Å². The van der Waals surface area contributed by atoms with Gasteiger partial charge in [0, 0.05) is 6.54 Å². The van der Waals surface area contributed by atoms with Crippen LogP contribution in [0.4, 0.5) is 0 Å². The van der Waals surface area contributed by atoms with Crippen LogP contribution in [0.5, 0.6) is 0 Å². The van der Waals surface area contributed by atoms with Gasteiger partial charge >= 0.3 is 7.12 Å². The van der Waals surface area contributed by atoms with Crippen LogP contribution in [0, 0.1) is 17.3 Å². The molecule has 3 aliphatic carbocycles. The Kier molecular flexibility index (Phi) is 3.21. The van der Waals surface area contributed by atoms with E-state index in [0.717, 1.165) is 31.7 Å². The van der Waals surface area contributed by atoms with Crippen LogP contribution in [-0.2, 0) is 14.1 Å². The first-order valence-corrected chi connectivity index (χ1v) is 8.70. The van der Waals surface area contributed by atoms with Gasteiger partial charge in [0.25, 0.3) is 0 Å². The highest BCUT2D eigenvalue weighted by atomic mass is 16.7. The van der Waals surface area contributed by atoms with Crippen LogP contribution in [-0.4, -0.2) is 48.7 Å². The molecule has 2 N–H and O–H groups in total. The summed E-state index contributed by atoms with van der Waals surface area (Å²) in [6.07, 6.45) is 4.50. The van der Waals surface area contributed by atoms with E-state index in [1.54, 1.807) is 0 Å². The second-order valence-electron chi connectivity index (χ2n) is 8.34. The summed E-state index contributed by atoms with van der Waals surface area (Å²) >= 11 is 0. The molecule has 5 fully saturated rings. The topological polar surface area (TPSA) is 64.8 Å². The number of carbonyl (C=O) groups excluding carboxylic acids is 1. The van der Waals surface area contributed by atoms with Gasteiger partial charge in [-0.15, -0.1) is 0 Å². The van der Waals surface area contributed by atoms with E-state index in [-0.39, 0.29) is 37.2 Å². The summed E-state index contributed by atoms with van der Waals surface area (Å²) in [5.74, 6) is 1.37. The molecular formula is C16H27BN2O3. The molecule has 0 aromatic heterocycles. The minimum atomic E-state index is -0.275. The quantitative estimate of drug-likeness (QED) is 0.779. The second-order valence-corrected chi connectivity index (χ2v) is 8.34. The molecule has 5 nitrogen and oxygen atoms in total. The molecule has 0 aromatic carbocycles. The monoisotopic (exact) mass is 306 g/mol. The van der Waals surface area contributed by atoms with Crippen molar-refractivity contribution in [3.05, 3.63) is 0 Å². The van der Waals surface area contributed by atoms with Crippen molar-refractivity contribution in [1.82, 2.24) is 4.90 Å². The van der Waals surface area contributed by atoms with Crippen LogP contribution in [0.1, 0.15) is 46.5 Å². The lowest BCUT2D eigenvalue weighted by Crippen LogP contribution is -2.65. The Bertz CT molecular complexity index is 500. The van der Waals surface area contributed by atoms with Gasteiger partial charge in [0.15, 0.2) is 0 Å². The molecule has 5 aliphatic rings. The molecule has 0 radical (unpaired) electrons. The van der Waals surface area contributed by atoms with E-state index >= 15 is 0 Å². The van der Waals surface area contributed by atoms with E-state index in [1.807, 2.05) is 4.90 Å². The molecule has 5 rings (SSSR count). The molecule has 2 aliphatic heterocycles. The highest BCUT2D eigenvalue weighted by Crippen LogP contribution is 2.65.